The van der Waals surface area contributed by atoms with Gasteiger partial charge in [0, 0.05) is 0 Å². The maximum atomic E-state index is 5.88. The molecule has 7 heteroatoms. The quantitative estimate of drug-likeness (QED) is 0.543. The Morgan fingerprint density at radius 3 is 2.50 bits per heavy atom. The minimum absolute atomic E-state index is 0. The van der Waals surface area contributed by atoms with Crippen LogP contribution in [0.5, 0.6) is 0 Å². The third-order valence-electron chi connectivity index (χ3n) is 1.79. The van der Waals surface area contributed by atoms with E-state index in [0.717, 1.165) is 6.42 Å². The molecule has 0 aromatic carbocycles. The van der Waals surface area contributed by atoms with Crippen LogP contribution in [0.1, 0.15) is 32.1 Å². The summed E-state index contributed by atoms with van der Waals surface area (Å²) in [6.45, 7) is 4.20. The van der Waals surface area contributed by atoms with Crippen LogP contribution < -0.4 is 11.6 Å². The highest BCUT2D eigenvalue weighted by Gasteiger charge is 2.14. The predicted octanol–water partition coefficient (Wildman–Crippen LogP) is 1.12. The first-order chi connectivity index (χ1) is 6.02. The molecule has 0 saturated carbocycles. The number of aromatic nitrogens is 3. The summed E-state index contributed by atoms with van der Waals surface area (Å²) in [7, 11) is 0. The highest BCUT2D eigenvalue weighted by molar-refractivity contribution is 7.71. The SMILES string of the molecule is CC(C)C[C@H](N)c1n[nH]c(=S)n1N.Cl. The van der Waals surface area contributed by atoms with Gasteiger partial charge in [-0.3, -0.25) is 5.10 Å². The molecular formula is C7H16ClN5S. The highest BCUT2D eigenvalue weighted by atomic mass is 35.5. The molecule has 82 valence electrons. The van der Waals surface area contributed by atoms with Crippen LogP contribution in [0.3, 0.4) is 0 Å². The Labute approximate surface area is 94.2 Å². The molecular weight excluding hydrogens is 222 g/mol. The number of nitrogens with zero attached hydrogens (tertiary/aromatic N) is 2. The van der Waals surface area contributed by atoms with Crippen LogP contribution in [-0.4, -0.2) is 14.9 Å². The fourth-order valence-corrected chi connectivity index (χ4v) is 1.33. The molecule has 0 bridgehead atoms. The zero-order chi connectivity index (χ0) is 10.0. The maximum Gasteiger partial charge on any atom is 0.214 e. The Bertz CT molecular complexity index is 331. The van der Waals surface area contributed by atoms with Crippen molar-refractivity contribution in [2.24, 2.45) is 11.7 Å². The number of aromatic amines is 1. The number of nitrogens with two attached hydrogens (primary N) is 2. The zero-order valence-electron chi connectivity index (χ0n) is 8.23. The second kappa shape index (κ2) is 5.33. The standard InChI is InChI=1S/C7H15N5S.ClH/c1-4(2)3-5(8)6-10-11-7(13)12(6)9;/h4-5H,3,8-9H2,1-2H3,(H,11,13);1H/t5-;/m0./s1. The molecule has 1 heterocycles. The minimum atomic E-state index is -0.155. The van der Waals surface area contributed by atoms with Gasteiger partial charge in [-0.05, 0) is 24.6 Å². The van der Waals surface area contributed by atoms with Gasteiger partial charge in [0.25, 0.3) is 0 Å². The maximum absolute atomic E-state index is 5.88. The van der Waals surface area contributed by atoms with E-state index in [9.17, 15) is 0 Å². The molecule has 0 aliphatic heterocycles. The molecule has 0 aliphatic rings. The van der Waals surface area contributed by atoms with Gasteiger partial charge < -0.3 is 11.6 Å². The van der Waals surface area contributed by atoms with Gasteiger partial charge in [-0.15, -0.1) is 12.4 Å². The summed E-state index contributed by atoms with van der Waals surface area (Å²) in [5, 5.41) is 6.57. The zero-order valence-corrected chi connectivity index (χ0v) is 9.86. The molecule has 0 spiro atoms. The van der Waals surface area contributed by atoms with Crippen LogP contribution in [0.25, 0.3) is 0 Å². The van der Waals surface area contributed by atoms with Crippen LogP contribution in [0.15, 0.2) is 0 Å². The Hall–Kier alpha value is -0.590. The van der Waals surface area contributed by atoms with Crippen LogP contribution in [0, 0.1) is 10.7 Å². The van der Waals surface area contributed by atoms with Gasteiger partial charge in [-0.1, -0.05) is 13.8 Å². The number of hydrogen-bond donors (Lipinski definition) is 3. The summed E-state index contributed by atoms with van der Waals surface area (Å²) >= 11 is 4.87. The average Bonchev–Trinajstić information content (AvgIpc) is 2.31. The molecule has 1 aromatic heterocycles. The number of hydrogen-bond acceptors (Lipinski definition) is 4. The van der Waals surface area contributed by atoms with Crippen molar-refractivity contribution in [2.45, 2.75) is 26.3 Å². The summed E-state index contributed by atoms with van der Waals surface area (Å²) in [4.78, 5) is 0. The van der Waals surface area contributed by atoms with Gasteiger partial charge in [0.15, 0.2) is 5.82 Å². The van der Waals surface area contributed by atoms with E-state index >= 15 is 0 Å². The molecule has 0 unspecified atom stereocenters. The van der Waals surface area contributed by atoms with E-state index in [0.29, 0.717) is 16.5 Å². The van der Waals surface area contributed by atoms with Gasteiger partial charge in [-0.2, -0.15) is 5.10 Å². The van der Waals surface area contributed by atoms with Gasteiger partial charge in [-0.25, -0.2) is 4.68 Å². The summed E-state index contributed by atoms with van der Waals surface area (Å²) < 4.78 is 1.72. The average molecular weight is 238 g/mol. The summed E-state index contributed by atoms with van der Waals surface area (Å²) in [6, 6.07) is -0.155. The monoisotopic (exact) mass is 237 g/mol. The van der Waals surface area contributed by atoms with Gasteiger partial charge in [0.1, 0.15) is 0 Å². The van der Waals surface area contributed by atoms with Crippen LogP contribution >= 0.6 is 24.6 Å². The third-order valence-corrected chi connectivity index (χ3v) is 2.08. The fraction of sp³-hybridized carbons (Fsp3) is 0.714. The van der Waals surface area contributed by atoms with Crippen LogP contribution in [0.2, 0.25) is 0 Å². The van der Waals surface area contributed by atoms with Crippen LogP contribution in [-0.2, 0) is 0 Å². The molecule has 0 amide bonds. The van der Waals surface area contributed by atoms with Crippen molar-refractivity contribution >= 4 is 24.6 Å². The number of nitrogens with one attached hydrogen (secondary N) is 1. The van der Waals surface area contributed by atoms with Crippen molar-refractivity contribution in [3.8, 4) is 0 Å². The lowest BCUT2D eigenvalue weighted by Crippen LogP contribution is -2.22. The molecule has 1 atom stereocenters. The number of H-pyrrole nitrogens is 1. The first-order valence-electron chi connectivity index (χ1n) is 4.20. The lowest BCUT2D eigenvalue weighted by molar-refractivity contribution is 0.485. The normalized spacial score (nSPS) is 12.6. The lowest BCUT2D eigenvalue weighted by atomic mass is 10.0. The number of nitrogen functional groups attached to an aromatic ring is 1. The molecule has 5 nitrogen and oxygen atoms in total. The molecule has 0 radical (unpaired) electrons. The minimum Gasteiger partial charge on any atom is -0.335 e. The van der Waals surface area contributed by atoms with Crippen molar-refractivity contribution in [1.29, 1.82) is 0 Å². The van der Waals surface area contributed by atoms with Crippen LogP contribution in [0.4, 0.5) is 0 Å². The third kappa shape index (κ3) is 2.97. The van der Waals surface area contributed by atoms with E-state index in [1.54, 1.807) is 0 Å². The first kappa shape index (κ1) is 13.4. The topological polar surface area (TPSA) is 85.6 Å². The van der Waals surface area contributed by atoms with Crippen molar-refractivity contribution in [2.75, 3.05) is 5.84 Å². The molecule has 0 saturated heterocycles. The van der Waals surface area contributed by atoms with Gasteiger partial charge in [0.2, 0.25) is 4.77 Å². The van der Waals surface area contributed by atoms with Gasteiger partial charge in [0.05, 0.1) is 6.04 Å². The molecule has 14 heavy (non-hydrogen) atoms. The van der Waals surface area contributed by atoms with E-state index in [-0.39, 0.29) is 18.4 Å². The Morgan fingerprint density at radius 1 is 1.57 bits per heavy atom. The second-order valence-electron chi connectivity index (χ2n) is 3.49. The van der Waals surface area contributed by atoms with E-state index in [1.807, 2.05) is 0 Å². The van der Waals surface area contributed by atoms with E-state index in [1.165, 1.54) is 4.68 Å². The Morgan fingerprint density at radius 2 is 2.14 bits per heavy atom. The largest absolute Gasteiger partial charge is 0.335 e. The molecule has 1 aromatic rings. The highest BCUT2D eigenvalue weighted by Crippen LogP contribution is 2.15. The van der Waals surface area contributed by atoms with Crippen molar-refractivity contribution in [3.63, 3.8) is 0 Å². The van der Waals surface area contributed by atoms with Crippen molar-refractivity contribution < 1.29 is 0 Å². The summed E-state index contributed by atoms with van der Waals surface area (Å²) in [5.74, 6) is 6.74. The number of rotatable bonds is 3. The van der Waals surface area contributed by atoms with Crippen molar-refractivity contribution in [1.82, 2.24) is 14.9 Å². The molecule has 0 aliphatic carbocycles. The Balaban J connectivity index is 0.00000169. The Kier molecular flexibility index (Phi) is 5.11. The summed E-state index contributed by atoms with van der Waals surface area (Å²) in [5.41, 5.74) is 5.88. The summed E-state index contributed by atoms with van der Waals surface area (Å²) in [6.07, 6.45) is 0.844. The van der Waals surface area contributed by atoms with E-state index < -0.39 is 0 Å². The predicted molar refractivity (Wildman–Crippen MR) is 61.2 cm³/mol. The number of halogens is 1. The lowest BCUT2D eigenvalue weighted by Gasteiger charge is -2.12. The van der Waals surface area contributed by atoms with Gasteiger partial charge >= 0.3 is 0 Å². The molecule has 0 fully saturated rings. The fourth-order valence-electron chi connectivity index (χ4n) is 1.19. The van der Waals surface area contributed by atoms with Crippen molar-refractivity contribution in [3.05, 3.63) is 10.6 Å². The van der Waals surface area contributed by atoms with E-state index in [4.69, 9.17) is 23.8 Å². The molecule has 5 N–H and O–H groups in total. The molecule has 1 rings (SSSR count). The smallest absolute Gasteiger partial charge is 0.214 e. The second-order valence-corrected chi connectivity index (χ2v) is 3.88. The van der Waals surface area contributed by atoms with E-state index in [2.05, 4.69) is 24.0 Å². The first-order valence-corrected chi connectivity index (χ1v) is 4.61.